The van der Waals surface area contributed by atoms with E-state index in [4.69, 9.17) is 4.74 Å². The minimum Gasteiger partial charge on any atom is -0.373 e. The number of allylic oxidation sites excluding steroid dienone is 1. The molecule has 0 aromatic rings. The number of hydrogen-bond acceptors (Lipinski definition) is 2. The minimum absolute atomic E-state index is 0.0251. The molecule has 1 aliphatic rings. The van der Waals surface area contributed by atoms with Crippen molar-refractivity contribution in [2.24, 2.45) is 0 Å². The highest BCUT2D eigenvalue weighted by Gasteiger charge is 2.37. The average Bonchev–Trinajstić information content (AvgIpc) is 2.52. The molecule has 1 aliphatic carbocycles. The quantitative estimate of drug-likeness (QED) is 0.584. The first-order valence-corrected chi connectivity index (χ1v) is 7.11. The van der Waals surface area contributed by atoms with Gasteiger partial charge in [0.1, 0.15) is 0 Å². The second-order valence-electron chi connectivity index (χ2n) is 5.42. The van der Waals surface area contributed by atoms with Crippen LogP contribution in [0.25, 0.3) is 0 Å². The average molecular weight is 239 g/mol. The molecular weight excluding hydrogens is 210 g/mol. The maximum atomic E-state index is 6.20. The van der Waals surface area contributed by atoms with Crippen LogP contribution in [0.2, 0.25) is 0 Å². The van der Waals surface area contributed by atoms with Gasteiger partial charge in [-0.25, -0.2) is 0 Å². The molecule has 0 aromatic carbocycles. The van der Waals surface area contributed by atoms with E-state index in [1.54, 1.807) is 0 Å². The van der Waals surface area contributed by atoms with E-state index in [9.17, 15) is 0 Å². The van der Waals surface area contributed by atoms with Gasteiger partial charge in [0.05, 0.1) is 11.6 Å². The smallest absolute Gasteiger partial charge is 0.0870 e. The van der Waals surface area contributed by atoms with Crippen molar-refractivity contribution in [2.45, 2.75) is 70.9 Å². The van der Waals surface area contributed by atoms with Gasteiger partial charge >= 0.3 is 0 Å². The van der Waals surface area contributed by atoms with E-state index in [1.165, 1.54) is 44.1 Å². The van der Waals surface area contributed by atoms with E-state index in [0.29, 0.717) is 6.04 Å². The zero-order valence-electron chi connectivity index (χ0n) is 12.0. The maximum Gasteiger partial charge on any atom is 0.0870 e. The molecule has 17 heavy (non-hydrogen) atoms. The van der Waals surface area contributed by atoms with Gasteiger partial charge in [-0.2, -0.15) is 0 Å². The fourth-order valence-corrected chi connectivity index (χ4v) is 2.99. The van der Waals surface area contributed by atoms with Crippen molar-refractivity contribution in [3.05, 3.63) is 11.6 Å². The summed E-state index contributed by atoms with van der Waals surface area (Å²) in [6.45, 7) is 7.26. The largest absolute Gasteiger partial charge is 0.373 e. The molecule has 1 unspecified atom stereocenters. The molecule has 1 N–H and O–H groups in total. The molecule has 1 rings (SSSR count). The number of hydrogen-bond donors (Lipinski definition) is 1. The second-order valence-corrected chi connectivity index (χ2v) is 5.42. The van der Waals surface area contributed by atoms with Gasteiger partial charge in [-0.3, -0.25) is 0 Å². The predicted molar refractivity (Wildman–Crippen MR) is 74.3 cm³/mol. The highest BCUT2D eigenvalue weighted by atomic mass is 16.5. The third-order valence-electron chi connectivity index (χ3n) is 3.76. The van der Waals surface area contributed by atoms with Crippen LogP contribution in [0.15, 0.2) is 11.6 Å². The molecule has 0 aliphatic heterocycles. The van der Waals surface area contributed by atoms with Crippen LogP contribution in [0.1, 0.15) is 59.3 Å². The van der Waals surface area contributed by atoms with Crippen molar-refractivity contribution in [1.82, 2.24) is 5.32 Å². The van der Waals surface area contributed by atoms with Crippen LogP contribution >= 0.6 is 0 Å². The Labute approximate surface area is 107 Å². The molecule has 0 heterocycles. The van der Waals surface area contributed by atoms with E-state index in [0.717, 1.165) is 6.61 Å². The Balaban J connectivity index is 2.89. The van der Waals surface area contributed by atoms with Crippen molar-refractivity contribution >= 4 is 0 Å². The Morgan fingerprint density at radius 1 is 1.24 bits per heavy atom. The van der Waals surface area contributed by atoms with E-state index in [1.807, 2.05) is 0 Å². The SMILES string of the molecule is CCOC1(C(C=C(C)C)NC)CCCCCC1. The summed E-state index contributed by atoms with van der Waals surface area (Å²) < 4.78 is 6.20. The van der Waals surface area contributed by atoms with Crippen molar-refractivity contribution in [3.63, 3.8) is 0 Å². The van der Waals surface area contributed by atoms with Crippen LogP contribution in [-0.2, 0) is 4.74 Å². The predicted octanol–water partition coefficient (Wildman–Crippen LogP) is 3.67. The molecule has 100 valence electrons. The zero-order valence-corrected chi connectivity index (χ0v) is 12.0. The molecule has 0 amide bonds. The monoisotopic (exact) mass is 239 g/mol. The normalized spacial score (nSPS) is 21.6. The molecule has 1 atom stereocenters. The lowest BCUT2D eigenvalue weighted by atomic mass is 9.85. The van der Waals surface area contributed by atoms with Gasteiger partial charge < -0.3 is 10.1 Å². The highest BCUT2D eigenvalue weighted by Crippen LogP contribution is 2.34. The third kappa shape index (κ3) is 4.11. The molecule has 0 aromatic heterocycles. The van der Waals surface area contributed by atoms with Gasteiger partial charge in [0.2, 0.25) is 0 Å². The molecule has 2 heteroatoms. The molecule has 1 fully saturated rings. The minimum atomic E-state index is 0.0251. The fraction of sp³-hybridized carbons (Fsp3) is 0.867. The van der Waals surface area contributed by atoms with E-state index < -0.39 is 0 Å². The molecule has 0 bridgehead atoms. The summed E-state index contributed by atoms with van der Waals surface area (Å²) >= 11 is 0. The third-order valence-corrected chi connectivity index (χ3v) is 3.76. The lowest BCUT2D eigenvalue weighted by Gasteiger charge is -2.39. The first kappa shape index (κ1) is 14.7. The van der Waals surface area contributed by atoms with Gasteiger partial charge in [-0.1, -0.05) is 37.3 Å². The standard InChI is InChI=1S/C15H29NO/c1-5-17-15(10-8-6-7-9-11-15)14(16-4)12-13(2)3/h12,14,16H,5-11H2,1-4H3. The number of ether oxygens (including phenoxy) is 1. The number of likely N-dealkylation sites (N-methyl/N-ethyl adjacent to an activating group) is 1. The van der Waals surface area contributed by atoms with Crippen LogP contribution in [0.3, 0.4) is 0 Å². The summed E-state index contributed by atoms with van der Waals surface area (Å²) in [6.07, 6.45) is 10.0. The van der Waals surface area contributed by atoms with Crippen molar-refractivity contribution in [3.8, 4) is 0 Å². The van der Waals surface area contributed by atoms with Crippen molar-refractivity contribution in [1.29, 1.82) is 0 Å². The van der Waals surface area contributed by atoms with E-state index in [-0.39, 0.29) is 5.60 Å². The van der Waals surface area contributed by atoms with Crippen LogP contribution in [0.4, 0.5) is 0 Å². The molecular formula is C15H29NO. The van der Waals surface area contributed by atoms with E-state index in [2.05, 4.69) is 39.2 Å². The van der Waals surface area contributed by atoms with Crippen LogP contribution in [0.5, 0.6) is 0 Å². The first-order valence-electron chi connectivity index (χ1n) is 7.11. The highest BCUT2D eigenvalue weighted by molar-refractivity contribution is 5.10. The van der Waals surface area contributed by atoms with Crippen LogP contribution in [0, 0.1) is 0 Å². The molecule has 2 nitrogen and oxygen atoms in total. The molecule has 0 radical (unpaired) electrons. The first-order chi connectivity index (χ1) is 8.14. The molecule has 1 saturated carbocycles. The molecule has 0 spiro atoms. The number of rotatable bonds is 5. The second kappa shape index (κ2) is 7.17. The van der Waals surface area contributed by atoms with Crippen molar-refractivity contribution < 1.29 is 4.74 Å². The lowest BCUT2D eigenvalue weighted by Crippen LogP contribution is -2.50. The van der Waals surface area contributed by atoms with Gasteiger partial charge in [0.25, 0.3) is 0 Å². The summed E-state index contributed by atoms with van der Waals surface area (Å²) in [5.41, 5.74) is 1.39. The van der Waals surface area contributed by atoms with Crippen LogP contribution < -0.4 is 5.32 Å². The Kier molecular flexibility index (Phi) is 6.21. The summed E-state index contributed by atoms with van der Waals surface area (Å²) in [4.78, 5) is 0. The van der Waals surface area contributed by atoms with E-state index >= 15 is 0 Å². The topological polar surface area (TPSA) is 21.3 Å². The zero-order chi connectivity index (χ0) is 12.7. The Hall–Kier alpha value is -0.340. The lowest BCUT2D eigenvalue weighted by molar-refractivity contribution is -0.0649. The van der Waals surface area contributed by atoms with Gasteiger partial charge in [-0.15, -0.1) is 0 Å². The van der Waals surface area contributed by atoms with Gasteiger partial charge in [-0.05, 0) is 40.7 Å². The summed E-state index contributed by atoms with van der Waals surface area (Å²) in [7, 11) is 2.05. The van der Waals surface area contributed by atoms with Crippen LogP contribution in [-0.4, -0.2) is 25.3 Å². The Bertz CT molecular complexity index is 235. The summed E-state index contributed by atoms with van der Waals surface area (Å²) in [6, 6.07) is 0.352. The molecule has 0 saturated heterocycles. The fourth-order valence-electron chi connectivity index (χ4n) is 2.99. The maximum absolute atomic E-state index is 6.20. The Morgan fingerprint density at radius 3 is 2.24 bits per heavy atom. The van der Waals surface area contributed by atoms with Gasteiger partial charge in [0, 0.05) is 6.61 Å². The van der Waals surface area contributed by atoms with Crippen molar-refractivity contribution in [2.75, 3.05) is 13.7 Å². The Morgan fingerprint density at radius 2 is 1.82 bits per heavy atom. The summed E-state index contributed by atoms with van der Waals surface area (Å²) in [5.74, 6) is 0. The summed E-state index contributed by atoms with van der Waals surface area (Å²) in [5, 5.41) is 3.46. The van der Waals surface area contributed by atoms with Gasteiger partial charge in [0.15, 0.2) is 0 Å². The number of nitrogens with one attached hydrogen (secondary N) is 1.